The number of hydrogen-bond acceptors (Lipinski definition) is 5. The maximum absolute atomic E-state index is 13.2. The highest BCUT2D eigenvalue weighted by Crippen LogP contribution is 2.27. The van der Waals surface area contributed by atoms with Crippen LogP contribution in [0, 0.1) is 5.92 Å². The first-order chi connectivity index (χ1) is 15.8. The number of amides is 2. The minimum absolute atomic E-state index is 0.191. The lowest BCUT2D eigenvalue weighted by Crippen LogP contribution is -2.57. The second-order valence-corrected chi connectivity index (χ2v) is 9.17. The van der Waals surface area contributed by atoms with Crippen LogP contribution in [-0.4, -0.2) is 55.0 Å². The lowest BCUT2D eigenvalue weighted by molar-refractivity contribution is -0.147. The summed E-state index contributed by atoms with van der Waals surface area (Å²) in [6, 6.07) is 13.9. The van der Waals surface area contributed by atoms with Crippen molar-refractivity contribution in [2.75, 3.05) is 26.3 Å². The van der Waals surface area contributed by atoms with Gasteiger partial charge in [0.05, 0.1) is 24.1 Å². The summed E-state index contributed by atoms with van der Waals surface area (Å²) in [4.78, 5) is 39.5. The van der Waals surface area contributed by atoms with Crippen LogP contribution in [0.15, 0.2) is 53.0 Å². The summed E-state index contributed by atoms with van der Waals surface area (Å²) >= 11 is 3.46. The summed E-state index contributed by atoms with van der Waals surface area (Å²) in [5.41, 5.74) is 1.47. The van der Waals surface area contributed by atoms with Crippen molar-refractivity contribution < 1.29 is 23.9 Å². The third-order valence-electron chi connectivity index (χ3n) is 5.20. The molecule has 1 aliphatic rings. The Hall–Kier alpha value is -2.87. The van der Waals surface area contributed by atoms with E-state index >= 15 is 0 Å². The molecule has 0 spiro atoms. The zero-order chi connectivity index (χ0) is 23.8. The van der Waals surface area contributed by atoms with E-state index in [-0.39, 0.29) is 24.8 Å². The first-order valence-corrected chi connectivity index (χ1v) is 11.8. The number of carbonyl (C=O) groups is 3. The molecule has 2 aromatic rings. The standard InChI is InChI=1S/C25H29BrN2O5/c1-17(2)16-33-22-9-8-19(14-20(22)26)25(31)28-12-11-27-24(30)21(28)15-23(29)32-13-10-18-6-4-3-5-7-18/h3-9,14,17,21H,10-13,15-16H2,1-2H3,(H,27,30). The number of benzene rings is 2. The smallest absolute Gasteiger partial charge is 0.308 e. The fourth-order valence-electron chi connectivity index (χ4n) is 3.48. The zero-order valence-corrected chi connectivity index (χ0v) is 20.5. The van der Waals surface area contributed by atoms with Crippen molar-refractivity contribution in [1.29, 1.82) is 0 Å². The van der Waals surface area contributed by atoms with Gasteiger partial charge < -0.3 is 19.7 Å². The molecule has 0 aliphatic carbocycles. The minimum atomic E-state index is -0.911. The Balaban J connectivity index is 1.62. The van der Waals surface area contributed by atoms with E-state index in [4.69, 9.17) is 9.47 Å². The van der Waals surface area contributed by atoms with Gasteiger partial charge in [0, 0.05) is 25.1 Å². The zero-order valence-electron chi connectivity index (χ0n) is 18.9. The van der Waals surface area contributed by atoms with Crippen molar-refractivity contribution in [2.24, 2.45) is 5.92 Å². The van der Waals surface area contributed by atoms with E-state index in [1.54, 1.807) is 18.2 Å². The van der Waals surface area contributed by atoms with E-state index in [0.717, 1.165) is 5.56 Å². The molecule has 1 heterocycles. The van der Waals surface area contributed by atoms with Crippen LogP contribution < -0.4 is 10.1 Å². The van der Waals surface area contributed by atoms with Crippen LogP contribution in [0.2, 0.25) is 0 Å². The van der Waals surface area contributed by atoms with E-state index in [0.29, 0.717) is 47.8 Å². The molecule has 0 bridgehead atoms. The van der Waals surface area contributed by atoms with Crippen molar-refractivity contribution in [3.8, 4) is 5.75 Å². The molecular weight excluding hydrogens is 488 g/mol. The molecule has 33 heavy (non-hydrogen) atoms. The Morgan fingerprint density at radius 1 is 1.18 bits per heavy atom. The average Bonchev–Trinajstić information content (AvgIpc) is 2.79. The molecule has 176 valence electrons. The van der Waals surface area contributed by atoms with Gasteiger partial charge in [0.15, 0.2) is 0 Å². The number of nitrogens with one attached hydrogen (secondary N) is 1. The molecule has 0 aromatic heterocycles. The van der Waals surface area contributed by atoms with Crippen molar-refractivity contribution in [2.45, 2.75) is 32.7 Å². The largest absolute Gasteiger partial charge is 0.492 e. The molecule has 1 aliphatic heterocycles. The van der Waals surface area contributed by atoms with E-state index < -0.39 is 12.0 Å². The monoisotopic (exact) mass is 516 g/mol. The number of halogens is 1. The van der Waals surface area contributed by atoms with Crippen LogP contribution in [0.1, 0.15) is 36.2 Å². The minimum Gasteiger partial charge on any atom is -0.492 e. The van der Waals surface area contributed by atoms with Crippen LogP contribution in [0.25, 0.3) is 0 Å². The van der Waals surface area contributed by atoms with Crippen molar-refractivity contribution in [3.05, 3.63) is 64.1 Å². The van der Waals surface area contributed by atoms with Crippen LogP contribution >= 0.6 is 15.9 Å². The molecular formula is C25H29BrN2O5. The normalized spacial score (nSPS) is 15.8. The maximum atomic E-state index is 13.2. The highest BCUT2D eigenvalue weighted by molar-refractivity contribution is 9.10. The van der Waals surface area contributed by atoms with Gasteiger partial charge in [0.25, 0.3) is 5.91 Å². The SMILES string of the molecule is CC(C)COc1ccc(C(=O)N2CCNC(=O)C2CC(=O)OCCc2ccccc2)cc1Br. The van der Waals surface area contributed by atoms with E-state index in [1.165, 1.54) is 4.90 Å². The summed E-state index contributed by atoms with van der Waals surface area (Å²) in [6.45, 7) is 5.54. The van der Waals surface area contributed by atoms with Gasteiger partial charge in [0.2, 0.25) is 5.91 Å². The summed E-state index contributed by atoms with van der Waals surface area (Å²) in [5, 5.41) is 2.73. The lowest BCUT2D eigenvalue weighted by atomic mass is 10.1. The number of esters is 1. The van der Waals surface area contributed by atoms with Crippen LogP contribution in [-0.2, 0) is 20.7 Å². The molecule has 3 rings (SSSR count). The number of piperazine rings is 1. The van der Waals surface area contributed by atoms with E-state index in [9.17, 15) is 14.4 Å². The predicted molar refractivity (Wildman–Crippen MR) is 128 cm³/mol. The van der Waals surface area contributed by atoms with Crippen LogP contribution in [0.4, 0.5) is 0 Å². The molecule has 1 N–H and O–H groups in total. The fraction of sp³-hybridized carbons (Fsp3) is 0.400. The Morgan fingerprint density at radius 2 is 1.94 bits per heavy atom. The van der Waals surface area contributed by atoms with Crippen molar-refractivity contribution in [1.82, 2.24) is 10.2 Å². The topological polar surface area (TPSA) is 84.9 Å². The summed E-state index contributed by atoms with van der Waals surface area (Å²) in [7, 11) is 0. The molecule has 2 amide bonds. The van der Waals surface area contributed by atoms with Gasteiger partial charge in [-0.3, -0.25) is 14.4 Å². The summed E-state index contributed by atoms with van der Waals surface area (Å²) in [6.07, 6.45) is 0.397. The average molecular weight is 517 g/mol. The Labute approximate surface area is 202 Å². The molecule has 0 radical (unpaired) electrons. The van der Waals surface area contributed by atoms with Gasteiger partial charge in [-0.2, -0.15) is 0 Å². The Morgan fingerprint density at radius 3 is 2.64 bits per heavy atom. The second kappa shape index (κ2) is 11.8. The fourth-order valence-corrected chi connectivity index (χ4v) is 3.97. The molecule has 1 fully saturated rings. The third kappa shape index (κ3) is 7.05. The first kappa shape index (κ1) is 24.8. The van der Waals surface area contributed by atoms with E-state index in [1.807, 2.05) is 30.3 Å². The van der Waals surface area contributed by atoms with Crippen molar-refractivity contribution in [3.63, 3.8) is 0 Å². The molecule has 1 unspecified atom stereocenters. The Bertz CT molecular complexity index is 980. The van der Waals surface area contributed by atoms with Gasteiger partial charge in [-0.25, -0.2) is 0 Å². The number of rotatable bonds is 9. The van der Waals surface area contributed by atoms with Crippen molar-refractivity contribution >= 4 is 33.7 Å². The van der Waals surface area contributed by atoms with Gasteiger partial charge in [-0.1, -0.05) is 44.2 Å². The highest BCUT2D eigenvalue weighted by Gasteiger charge is 2.35. The van der Waals surface area contributed by atoms with Crippen LogP contribution in [0.5, 0.6) is 5.75 Å². The molecule has 8 heteroatoms. The summed E-state index contributed by atoms with van der Waals surface area (Å²) in [5.74, 6) is -0.161. The maximum Gasteiger partial charge on any atom is 0.308 e. The Kier molecular flexibility index (Phi) is 8.88. The molecule has 1 saturated heterocycles. The predicted octanol–water partition coefficient (Wildman–Crippen LogP) is 3.60. The quantitative estimate of drug-likeness (QED) is 0.514. The third-order valence-corrected chi connectivity index (χ3v) is 5.82. The van der Waals surface area contributed by atoms with Gasteiger partial charge in [-0.15, -0.1) is 0 Å². The van der Waals surface area contributed by atoms with Gasteiger partial charge >= 0.3 is 5.97 Å². The van der Waals surface area contributed by atoms with Gasteiger partial charge in [0.1, 0.15) is 11.8 Å². The van der Waals surface area contributed by atoms with Gasteiger partial charge in [-0.05, 0) is 45.6 Å². The van der Waals surface area contributed by atoms with Crippen LogP contribution in [0.3, 0.4) is 0 Å². The number of carbonyl (C=O) groups excluding carboxylic acids is 3. The molecule has 2 aromatic carbocycles. The number of ether oxygens (including phenoxy) is 2. The summed E-state index contributed by atoms with van der Waals surface area (Å²) < 4.78 is 11.7. The highest BCUT2D eigenvalue weighted by atomic mass is 79.9. The number of nitrogens with zero attached hydrogens (tertiary/aromatic N) is 1. The lowest BCUT2D eigenvalue weighted by Gasteiger charge is -2.34. The van der Waals surface area contributed by atoms with E-state index in [2.05, 4.69) is 35.1 Å². The molecule has 1 atom stereocenters. The molecule has 7 nitrogen and oxygen atoms in total. The first-order valence-electron chi connectivity index (χ1n) is 11.1. The second-order valence-electron chi connectivity index (χ2n) is 8.32. The number of hydrogen-bond donors (Lipinski definition) is 1. The molecule has 0 saturated carbocycles.